The third kappa shape index (κ3) is 4.29. The first-order valence-electron chi connectivity index (χ1n) is 7.24. The maximum atomic E-state index is 4.59. The zero-order chi connectivity index (χ0) is 15.2. The van der Waals surface area contributed by atoms with Crippen LogP contribution in [0.15, 0.2) is 40.9 Å². The molecule has 1 heterocycles. The van der Waals surface area contributed by atoms with Crippen LogP contribution >= 0.6 is 15.9 Å². The molecular formula is C17H22BrN3. The van der Waals surface area contributed by atoms with Crippen molar-refractivity contribution in [2.24, 2.45) is 0 Å². The molecule has 0 spiro atoms. The molecule has 0 unspecified atom stereocenters. The molecule has 112 valence electrons. The van der Waals surface area contributed by atoms with E-state index in [0.717, 1.165) is 35.5 Å². The van der Waals surface area contributed by atoms with Crippen LogP contribution in [-0.4, -0.2) is 18.6 Å². The van der Waals surface area contributed by atoms with E-state index in [1.165, 1.54) is 11.3 Å². The number of hydrogen-bond donors (Lipinski definition) is 1. The predicted molar refractivity (Wildman–Crippen MR) is 92.6 cm³/mol. The maximum absolute atomic E-state index is 4.59. The normalized spacial score (nSPS) is 10.7. The molecule has 0 amide bonds. The molecule has 21 heavy (non-hydrogen) atoms. The molecule has 0 aliphatic heterocycles. The first-order chi connectivity index (χ1) is 10.1. The molecule has 0 radical (unpaired) electrons. The van der Waals surface area contributed by atoms with E-state index in [-0.39, 0.29) is 0 Å². The van der Waals surface area contributed by atoms with Crippen molar-refractivity contribution in [3.05, 3.63) is 57.8 Å². The molecular weight excluding hydrogens is 326 g/mol. The zero-order valence-electron chi connectivity index (χ0n) is 12.9. The molecule has 0 aliphatic carbocycles. The van der Waals surface area contributed by atoms with Crippen LogP contribution < -0.4 is 10.2 Å². The molecule has 0 atom stereocenters. The van der Waals surface area contributed by atoms with Gasteiger partial charge in [0.05, 0.1) is 12.2 Å². The van der Waals surface area contributed by atoms with Crippen molar-refractivity contribution in [3.63, 3.8) is 0 Å². The van der Waals surface area contributed by atoms with Gasteiger partial charge >= 0.3 is 0 Å². The highest BCUT2D eigenvalue weighted by Crippen LogP contribution is 2.25. The topological polar surface area (TPSA) is 28.2 Å². The molecule has 0 saturated carbocycles. The number of benzene rings is 1. The number of nitrogens with one attached hydrogen (secondary N) is 1. The van der Waals surface area contributed by atoms with Crippen LogP contribution in [0.3, 0.4) is 0 Å². The first kappa shape index (κ1) is 16.0. The largest absolute Gasteiger partial charge is 0.366 e. The van der Waals surface area contributed by atoms with Gasteiger partial charge in [0.15, 0.2) is 0 Å². The van der Waals surface area contributed by atoms with E-state index in [1.807, 2.05) is 20.0 Å². The lowest BCUT2D eigenvalue weighted by Crippen LogP contribution is -2.22. The van der Waals surface area contributed by atoms with Crippen LogP contribution in [0.2, 0.25) is 0 Å². The first-order valence-corrected chi connectivity index (χ1v) is 8.04. The van der Waals surface area contributed by atoms with Gasteiger partial charge in [-0.15, -0.1) is 0 Å². The summed E-state index contributed by atoms with van der Waals surface area (Å²) in [6.45, 7) is 6.85. The molecule has 0 saturated heterocycles. The van der Waals surface area contributed by atoms with Crippen molar-refractivity contribution in [2.75, 3.05) is 18.5 Å². The lowest BCUT2D eigenvalue weighted by molar-refractivity contribution is 0.798. The van der Waals surface area contributed by atoms with Gasteiger partial charge in [0.25, 0.3) is 0 Å². The van der Waals surface area contributed by atoms with Crippen molar-refractivity contribution >= 4 is 21.6 Å². The molecule has 2 rings (SSSR count). The van der Waals surface area contributed by atoms with E-state index in [1.54, 1.807) is 0 Å². The van der Waals surface area contributed by atoms with Crippen molar-refractivity contribution in [1.82, 2.24) is 10.3 Å². The summed E-state index contributed by atoms with van der Waals surface area (Å²) in [7, 11) is 1.96. The lowest BCUT2D eigenvalue weighted by Gasteiger charge is -2.23. The SMILES string of the molecule is CCN(Cc1cccc(C)n1)c1ccc(CNC)c(Br)c1. The van der Waals surface area contributed by atoms with E-state index in [4.69, 9.17) is 0 Å². The molecule has 4 heteroatoms. The minimum Gasteiger partial charge on any atom is -0.366 e. The van der Waals surface area contributed by atoms with Crippen molar-refractivity contribution in [3.8, 4) is 0 Å². The van der Waals surface area contributed by atoms with Crippen LogP contribution in [0.25, 0.3) is 0 Å². The third-order valence-corrected chi connectivity index (χ3v) is 4.19. The Labute approximate surface area is 135 Å². The van der Waals surface area contributed by atoms with Crippen LogP contribution in [0.1, 0.15) is 23.9 Å². The Morgan fingerprint density at radius 3 is 2.67 bits per heavy atom. The highest BCUT2D eigenvalue weighted by Gasteiger charge is 2.09. The molecule has 2 aromatic rings. The van der Waals surface area contributed by atoms with Crippen LogP contribution in [0.4, 0.5) is 5.69 Å². The Bertz CT molecular complexity index is 598. The van der Waals surface area contributed by atoms with Gasteiger partial charge in [-0.1, -0.05) is 28.1 Å². The van der Waals surface area contributed by atoms with Gasteiger partial charge in [-0.3, -0.25) is 4.98 Å². The van der Waals surface area contributed by atoms with Gasteiger partial charge in [0.1, 0.15) is 0 Å². The highest BCUT2D eigenvalue weighted by atomic mass is 79.9. The monoisotopic (exact) mass is 347 g/mol. The Morgan fingerprint density at radius 1 is 1.24 bits per heavy atom. The Balaban J connectivity index is 2.19. The summed E-state index contributed by atoms with van der Waals surface area (Å²) in [5.74, 6) is 0. The summed E-state index contributed by atoms with van der Waals surface area (Å²) in [5.41, 5.74) is 4.65. The van der Waals surface area contributed by atoms with Crippen LogP contribution in [0.5, 0.6) is 0 Å². The molecule has 0 fully saturated rings. The second-order valence-electron chi connectivity index (χ2n) is 5.09. The lowest BCUT2D eigenvalue weighted by atomic mass is 10.2. The van der Waals surface area contributed by atoms with Crippen LogP contribution in [0, 0.1) is 6.92 Å². The van der Waals surface area contributed by atoms with Crippen LogP contribution in [-0.2, 0) is 13.1 Å². The number of rotatable bonds is 6. The Kier molecular flexibility index (Phi) is 5.76. The highest BCUT2D eigenvalue weighted by molar-refractivity contribution is 9.10. The predicted octanol–water partition coefficient (Wildman–Crippen LogP) is 3.90. The number of aryl methyl sites for hydroxylation is 1. The molecule has 0 bridgehead atoms. The molecule has 3 nitrogen and oxygen atoms in total. The summed E-state index contributed by atoms with van der Waals surface area (Å²) < 4.78 is 1.14. The number of pyridine rings is 1. The number of halogens is 1. The van der Waals surface area contributed by atoms with Gasteiger partial charge in [0, 0.05) is 28.9 Å². The van der Waals surface area contributed by atoms with Gasteiger partial charge in [-0.25, -0.2) is 0 Å². The molecule has 1 aromatic heterocycles. The Morgan fingerprint density at radius 2 is 2.05 bits per heavy atom. The minimum absolute atomic E-state index is 0.829. The average molecular weight is 348 g/mol. The summed E-state index contributed by atoms with van der Waals surface area (Å²) in [6.07, 6.45) is 0. The summed E-state index contributed by atoms with van der Waals surface area (Å²) in [4.78, 5) is 6.92. The molecule has 1 N–H and O–H groups in total. The Hall–Kier alpha value is -1.39. The summed E-state index contributed by atoms with van der Waals surface area (Å²) in [6, 6.07) is 12.7. The molecule has 0 aliphatic rings. The van der Waals surface area contributed by atoms with E-state index >= 15 is 0 Å². The van der Waals surface area contributed by atoms with E-state index in [2.05, 4.69) is 68.4 Å². The quantitative estimate of drug-likeness (QED) is 0.858. The number of nitrogens with zero attached hydrogens (tertiary/aromatic N) is 2. The minimum atomic E-state index is 0.829. The van der Waals surface area contributed by atoms with E-state index in [0.29, 0.717) is 0 Å². The number of anilines is 1. The fourth-order valence-corrected chi connectivity index (χ4v) is 2.84. The third-order valence-electron chi connectivity index (χ3n) is 3.45. The summed E-state index contributed by atoms with van der Waals surface area (Å²) >= 11 is 3.66. The van der Waals surface area contributed by atoms with Crippen molar-refractivity contribution in [1.29, 1.82) is 0 Å². The van der Waals surface area contributed by atoms with E-state index < -0.39 is 0 Å². The smallest absolute Gasteiger partial charge is 0.0602 e. The fraction of sp³-hybridized carbons (Fsp3) is 0.353. The fourth-order valence-electron chi connectivity index (χ4n) is 2.34. The number of aromatic nitrogens is 1. The maximum Gasteiger partial charge on any atom is 0.0602 e. The van der Waals surface area contributed by atoms with Gasteiger partial charge < -0.3 is 10.2 Å². The van der Waals surface area contributed by atoms with E-state index in [9.17, 15) is 0 Å². The summed E-state index contributed by atoms with van der Waals surface area (Å²) in [5, 5.41) is 3.18. The van der Waals surface area contributed by atoms with Gasteiger partial charge in [-0.05, 0) is 50.7 Å². The zero-order valence-corrected chi connectivity index (χ0v) is 14.4. The van der Waals surface area contributed by atoms with Crippen molar-refractivity contribution < 1.29 is 0 Å². The second-order valence-corrected chi connectivity index (χ2v) is 5.94. The van der Waals surface area contributed by atoms with Gasteiger partial charge in [0.2, 0.25) is 0 Å². The van der Waals surface area contributed by atoms with Gasteiger partial charge in [-0.2, -0.15) is 0 Å². The average Bonchev–Trinajstić information content (AvgIpc) is 2.47. The second kappa shape index (κ2) is 7.57. The number of hydrogen-bond acceptors (Lipinski definition) is 3. The standard InChI is InChI=1S/C17H22BrN3/c1-4-21(12-15-7-5-6-13(2)20-15)16-9-8-14(11-19-3)17(18)10-16/h5-10,19H,4,11-12H2,1-3H3. The van der Waals surface area contributed by atoms with Crippen molar-refractivity contribution in [2.45, 2.75) is 26.9 Å². The molecule has 1 aromatic carbocycles.